The summed E-state index contributed by atoms with van der Waals surface area (Å²) in [6.45, 7) is 12.1. The van der Waals surface area contributed by atoms with Crippen LogP contribution in [-0.4, -0.2) is 52.7 Å². The van der Waals surface area contributed by atoms with Crippen LogP contribution in [0.25, 0.3) is 0 Å². The number of hydrogen-bond donors (Lipinski definition) is 3. The molecule has 0 saturated heterocycles. The summed E-state index contributed by atoms with van der Waals surface area (Å²) in [6, 6.07) is 10.5. The monoisotopic (exact) mass is 545 g/mol. The van der Waals surface area contributed by atoms with Crippen molar-refractivity contribution in [3.8, 4) is 0 Å². The fraction of sp³-hybridized carbons (Fsp3) is 0.483. The molecule has 0 bridgehead atoms. The van der Waals surface area contributed by atoms with Gasteiger partial charge in [0.05, 0.1) is 17.3 Å². The van der Waals surface area contributed by atoms with Gasteiger partial charge in [-0.25, -0.2) is 4.79 Å². The highest BCUT2D eigenvalue weighted by molar-refractivity contribution is 6.34. The second kappa shape index (κ2) is 13.6. The lowest BCUT2D eigenvalue weighted by Gasteiger charge is -2.36. The molecule has 0 spiro atoms. The van der Waals surface area contributed by atoms with Crippen molar-refractivity contribution in [2.75, 3.05) is 18.5 Å². The zero-order valence-electron chi connectivity index (χ0n) is 23.3. The molecular weight excluding hydrogens is 506 g/mol. The van der Waals surface area contributed by atoms with E-state index in [0.717, 1.165) is 11.1 Å². The number of carbonyl (C=O) groups excluding carboxylic acids is 3. The number of aryl methyl sites for hydroxylation is 2. The van der Waals surface area contributed by atoms with Gasteiger partial charge in [0.25, 0.3) is 5.91 Å². The molecule has 0 aliphatic carbocycles. The first-order valence-corrected chi connectivity index (χ1v) is 13.2. The second-order valence-electron chi connectivity index (χ2n) is 10.4. The van der Waals surface area contributed by atoms with Gasteiger partial charge in [0.15, 0.2) is 0 Å². The quantitative estimate of drug-likeness (QED) is 0.370. The van der Waals surface area contributed by atoms with E-state index in [2.05, 4.69) is 10.6 Å². The maximum Gasteiger partial charge on any atom is 0.408 e. The summed E-state index contributed by atoms with van der Waals surface area (Å²) in [6.07, 6.45) is -0.150. The standard InChI is InChI=1S/C29H40ClN3O5/c1-8-18(2)24(32-28(37)38-29(5,6)7)27(36)33(16-17-34)25(21-14-10-9-12-19(21)3)26(35)31-23-20(4)13-11-15-22(23)30/h9-15,18,24-25,34H,8,16-17H2,1-7H3,(H,31,35)(H,32,37). The molecule has 2 rings (SSSR count). The fourth-order valence-electron chi connectivity index (χ4n) is 4.10. The molecule has 2 aromatic carbocycles. The Morgan fingerprint density at radius 2 is 1.68 bits per heavy atom. The van der Waals surface area contributed by atoms with Gasteiger partial charge in [-0.2, -0.15) is 0 Å². The summed E-state index contributed by atoms with van der Waals surface area (Å²) in [5.74, 6) is -1.27. The van der Waals surface area contributed by atoms with E-state index >= 15 is 0 Å². The third-order valence-corrected chi connectivity index (χ3v) is 6.60. The molecule has 0 aliphatic heterocycles. The van der Waals surface area contributed by atoms with Gasteiger partial charge in [-0.3, -0.25) is 9.59 Å². The molecule has 0 fully saturated rings. The SMILES string of the molecule is CCC(C)C(NC(=O)OC(C)(C)C)C(=O)N(CCO)C(C(=O)Nc1c(C)cccc1Cl)c1ccccc1C. The van der Waals surface area contributed by atoms with Gasteiger partial charge < -0.3 is 25.4 Å². The Bertz CT molecular complexity index is 1110. The summed E-state index contributed by atoms with van der Waals surface area (Å²) < 4.78 is 5.41. The molecule has 8 nitrogen and oxygen atoms in total. The number of para-hydroxylation sites is 1. The molecule has 0 aliphatic rings. The maximum atomic E-state index is 14.1. The molecule has 2 aromatic rings. The number of ether oxygens (including phenoxy) is 1. The minimum Gasteiger partial charge on any atom is -0.444 e. The molecule has 208 valence electrons. The average molecular weight is 546 g/mol. The minimum atomic E-state index is -1.10. The summed E-state index contributed by atoms with van der Waals surface area (Å²) >= 11 is 6.38. The zero-order valence-corrected chi connectivity index (χ0v) is 24.1. The van der Waals surface area contributed by atoms with Crippen molar-refractivity contribution in [2.45, 2.75) is 72.6 Å². The lowest BCUT2D eigenvalue weighted by Crippen LogP contribution is -2.55. The molecule has 3 N–H and O–H groups in total. The normalized spacial score (nSPS) is 13.7. The molecule has 3 amide bonds. The van der Waals surface area contributed by atoms with E-state index in [1.54, 1.807) is 45.0 Å². The first-order chi connectivity index (χ1) is 17.8. The number of rotatable bonds is 10. The van der Waals surface area contributed by atoms with Crippen molar-refractivity contribution >= 4 is 35.2 Å². The highest BCUT2D eigenvalue weighted by Gasteiger charge is 2.38. The predicted octanol–water partition coefficient (Wildman–Crippen LogP) is 5.40. The van der Waals surface area contributed by atoms with E-state index in [9.17, 15) is 19.5 Å². The number of aliphatic hydroxyl groups excluding tert-OH is 1. The molecule has 0 saturated carbocycles. The second-order valence-corrected chi connectivity index (χ2v) is 10.9. The van der Waals surface area contributed by atoms with Gasteiger partial charge in [-0.05, 0) is 63.3 Å². The largest absolute Gasteiger partial charge is 0.444 e. The summed E-state index contributed by atoms with van der Waals surface area (Å²) in [7, 11) is 0. The lowest BCUT2D eigenvalue weighted by molar-refractivity contribution is -0.142. The number of nitrogens with zero attached hydrogens (tertiary/aromatic N) is 1. The Morgan fingerprint density at radius 3 is 2.24 bits per heavy atom. The average Bonchev–Trinajstić information content (AvgIpc) is 2.83. The van der Waals surface area contributed by atoms with Crippen molar-refractivity contribution in [1.82, 2.24) is 10.2 Å². The highest BCUT2D eigenvalue weighted by Crippen LogP contribution is 2.31. The molecule has 38 heavy (non-hydrogen) atoms. The van der Waals surface area contributed by atoms with Crippen molar-refractivity contribution in [1.29, 1.82) is 0 Å². The van der Waals surface area contributed by atoms with Crippen LogP contribution in [0.2, 0.25) is 5.02 Å². The molecule has 3 unspecified atom stereocenters. The molecule has 0 radical (unpaired) electrons. The number of aliphatic hydroxyl groups is 1. The number of anilines is 1. The Kier molecular flexibility index (Phi) is 11.2. The van der Waals surface area contributed by atoms with Crippen LogP contribution in [0.15, 0.2) is 42.5 Å². The van der Waals surface area contributed by atoms with E-state index < -0.39 is 35.6 Å². The maximum absolute atomic E-state index is 14.1. The minimum absolute atomic E-state index is 0.129. The van der Waals surface area contributed by atoms with Gasteiger partial charge in [0, 0.05) is 6.54 Å². The highest BCUT2D eigenvalue weighted by atomic mass is 35.5. The lowest BCUT2D eigenvalue weighted by atomic mass is 9.94. The van der Waals surface area contributed by atoms with Crippen LogP contribution in [0.4, 0.5) is 10.5 Å². The predicted molar refractivity (Wildman–Crippen MR) is 150 cm³/mol. The van der Waals surface area contributed by atoms with E-state index in [1.165, 1.54) is 4.90 Å². The Morgan fingerprint density at radius 1 is 1.05 bits per heavy atom. The van der Waals surface area contributed by atoms with Crippen LogP contribution in [0.1, 0.15) is 63.8 Å². The molecule has 3 atom stereocenters. The number of halogens is 1. The molecule has 0 heterocycles. The van der Waals surface area contributed by atoms with Crippen molar-refractivity contribution in [3.05, 3.63) is 64.2 Å². The summed E-state index contributed by atoms with van der Waals surface area (Å²) in [4.78, 5) is 42.0. The number of benzene rings is 2. The van der Waals surface area contributed by atoms with Crippen LogP contribution < -0.4 is 10.6 Å². The Balaban J connectivity index is 2.57. The van der Waals surface area contributed by atoms with Crippen LogP contribution in [0.5, 0.6) is 0 Å². The number of nitrogens with one attached hydrogen (secondary N) is 2. The molecular formula is C29H40ClN3O5. The van der Waals surface area contributed by atoms with E-state index in [0.29, 0.717) is 22.7 Å². The van der Waals surface area contributed by atoms with Crippen LogP contribution in [0, 0.1) is 19.8 Å². The van der Waals surface area contributed by atoms with E-state index in [-0.39, 0.29) is 19.1 Å². The number of carbonyl (C=O) groups is 3. The summed E-state index contributed by atoms with van der Waals surface area (Å²) in [5, 5.41) is 15.9. The Labute approximate surface area is 230 Å². The topological polar surface area (TPSA) is 108 Å². The van der Waals surface area contributed by atoms with Crippen LogP contribution in [0.3, 0.4) is 0 Å². The van der Waals surface area contributed by atoms with Gasteiger partial charge in [-0.1, -0.05) is 68.3 Å². The van der Waals surface area contributed by atoms with Gasteiger partial charge in [0.1, 0.15) is 17.7 Å². The van der Waals surface area contributed by atoms with Crippen LogP contribution >= 0.6 is 11.6 Å². The fourth-order valence-corrected chi connectivity index (χ4v) is 4.37. The molecule has 9 heteroatoms. The third kappa shape index (κ3) is 8.20. The third-order valence-electron chi connectivity index (χ3n) is 6.29. The zero-order chi connectivity index (χ0) is 28.6. The van der Waals surface area contributed by atoms with Crippen molar-refractivity contribution < 1.29 is 24.2 Å². The summed E-state index contributed by atoms with van der Waals surface area (Å²) in [5.41, 5.74) is 1.84. The van der Waals surface area contributed by atoms with E-state index in [4.69, 9.17) is 16.3 Å². The first-order valence-electron chi connectivity index (χ1n) is 12.8. The first kappa shape index (κ1) is 31.1. The van der Waals surface area contributed by atoms with Gasteiger partial charge in [-0.15, -0.1) is 0 Å². The number of alkyl carbamates (subject to hydrolysis) is 1. The van der Waals surface area contributed by atoms with E-state index in [1.807, 2.05) is 45.9 Å². The Hall–Kier alpha value is -3.10. The van der Waals surface area contributed by atoms with Gasteiger partial charge >= 0.3 is 6.09 Å². The van der Waals surface area contributed by atoms with Crippen molar-refractivity contribution in [3.63, 3.8) is 0 Å². The number of amides is 3. The smallest absolute Gasteiger partial charge is 0.408 e. The van der Waals surface area contributed by atoms with Gasteiger partial charge in [0.2, 0.25) is 5.91 Å². The number of hydrogen-bond acceptors (Lipinski definition) is 5. The van der Waals surface area contributed by atoms with Crippen LogP contribution in [-0.2, 0) is 14.3 Å². The van der Waals surface area contributed by atoms with Crippen molar-refractivity contribution in [2.24, 2.45) is 5.92 Å². The molecule has 0 aromatic heterocycles.